The first-order chi connectivity index (χ1) is 4.43. The van der Waals surface area contributed by atoms with Crippen LogP contribution in [-0.4, -0.2) is 25.8 Å². The number of ether oxygens (including phenoxy) is 1. The molecule has 1 unspecified atom stereocenters. The molecule has 1 saturated heterocycles. The van der Waals surface area contributed by atoms with Crippen LogP contribution in [0, 0.1) is 6.08 Å². The molecule has 0 spiro atoms. The van der Waals surface area contributed by atoms with Crippen molar-refractivity contribution in [2.45, 2.75) is 13.0 Å². The van der Waals surface area contributed by atoms with Crippen molar-refractivity contribution < 1.29 is 4.74 Å². The van der Waals surface area contributed by atoms with E-state index in [4.69, 9.17) is 4.74 Å². The van der Waals surface area contributed by atoms with E-state index in [-0.39, 0.29) is 6.10 Å². The summed E-state index contributed by atoms with van der Waals surface area (Å²) in [5.74, 6) is 0. The summed E-state index contributed by atoms with van der Waals surface area (Å²) in [6, 6.07) is 0. The van der Waals surface area contributed by atoms with E-state index in [1.54, 1.807) is 0 Å². The number of allylic oxidation sites excluding steroid dienone is 1. The largest absolute Gasteiger partial charge is 0.371 e. The van der Waals surface area contributed by atoms with Crippen LogP contribution in [0.1, 0.15) is 6.92 Å². The first kappa shape index (κ1) is 6.78. The highest BCUT2D eigenvalue weighted by atomic mass is 16.5. The van der Waals surface area contributed by atoms with Crippen LogP contribution >= 0.6 is 0 Å². The lowest BCUT2D eigenvalue weighted by molar-refractivity contribution is 0.0545. The van der Waals surface area contributed by atoms with Crippen molar-refractivity contribution in [1.29, 1.82) is 0 Å². The Hall–Kier alpha value is -0.340. The van der Waals surface area contributed by atoms with Gasteiger partial charge < -0.3 is 10.1 Å². The Morgan fingerprint density at radius 3 is 3.22 bits per heavy atom. The molecule has 9 heavy (non-hydrogen) atoms. The highest BCUT2D eigenvalue weighted by Crippen LogP contribution is 1.95. The lowest BCUT2D eigenvalue weighted by atomic mass is 10.3. The van der Waals surface area contributed by atoms with Crippen LogP contribution < -0.4 is 5.32 Å². The van der Waals surface area contributed by atoms with E-state index in [1.807, 2.05) is 13.0 Å². The molecular formula is C7H12NO. The third-order valence-corrected chi connectivity index (χ3v) is 1.28. The highest BCUT2D eigenvalue weighted by molar-refractivity contribution is 4.81. The van der Waals surface area contributed by atoms with Crippen molar-refractivity contribution in [3.05, 3.63) is 12.2 Å². The predicted molar refractivity (Wildman–Crippen MR) is 36.1 cm³/mol. The Bertz CT molecular complexity index is 95.1. The van der Waals surface area contributed by atoms with Gasteiger partial charge in [-0.05, 0) is 13.0 Å². The van der Waals surface area contributed by atoms with Gasteiger partial charge in [0.2, 0.25) is 0 Å². The number of morpholine rings is 1. The van der Waals surface area contributed by atoms with Crippen LogP contribution in [0.15, 0.2) is 6.08 Å². The molecular weight excluding hydrogens is 114 g/mol. The fraction of sp³-hybridized carbons (Fsp3) is 0.714. The summed E-state index contributed by atoms with van der Waals surface area (Å²) >= 11 is 0. The zero-order valence-electron chi connectivity index (χ0n) is 5.68. The molecule has 1 radical (unpaired) electrons. The smallest absolute Gasteiger partial charge is 0.0950 e. The molecule has 0 bridgehead atoms. The van der Waals surface area contributed by atoms with Crippen LogP contribution in [0.2, 0.25) is 0 Å². The van der Waals surface area contributed by atoms with Crippen LogP contribution in [0.5, 0.6) is 0 Å². The van der Waals surface area contributed by atoms with Gasteiger partial charge in [-0.3, -0.25) is 0 Å². The van der Waals surface area contributed by atoms with E-state index in [9.17, 15) is 0 Å². The molecule has 2 nitrogen and oxygen atoms in total. The van der Waals surface area contributed by atoms with Crippen molar-refractivity contribution in [1.82, 2.24) is 5.32 Å². The van der Waals surface area contributed by atoms with Gasteiger partial charge in [-0.1, -0.05) is 6.08 Å². The van der Waals surface area contributed by atoms with Crippen molar-refractivity contribution in [2.75, 3.05) is 19.7 Å². The second-order valence-corrected chi connectivity index (χ2v) is 2.02. The molecule has 0 aromatic rings. The van der Waals surface area contributed by atoms with Crippen molar-refractivity contribution in [2.24, 2.45) is 0 Å². The Labute approximate surface area is 55.9 Å². The molecule has 1 atom stereocenters. The summed E-state index contributed by atoms with van der Waals surface area (Å²) in [6.07, 6.45) is 5.16. The second kappa shape index (κ2) is 3.64. The van der Waals surface area contributed by atoms with E-state index in [0.717, 1.165) is 19.7 Å². The molecule has 2 heteroatoms. The van der Waals surface area contributed by atoms with Gasteiger partial charge in [0.15, 0.2) is 0 Å². The number of hydrogen-bond donors (Lipinski definition) is 1. The Morgan fingerprint density at radius 2 is 2.67 bits per heavy atom. The SMILES string of the molecule is C/C=[C]/C1CNCCO1. The molecule has 0 saturated carbocycles. The molecule has 1 aliphatic rings. The molecule has 1 heterocycles. The van der Waals surface area contributed by atoms with Gasteiger partial charge in [0.05, 0.1) is 12.7 Å². The quantitative estimate of drug-likeness (QED) is 0.547. The molecule has 0 aromatic carbocycles. The molecule has 1 aliphatic heterocycles. The monoisotopic (exact) mass is 126 g/mol. The van der Waals surface area contributed by atoms with E-state index in [0.29, 0.717) is 0 Å². The summed E-state index contributed by atoms with van der Waals surface area (Å²) in [4.78, 5) is 0. The van der Waals surface area contributed by atoms with Crippen molar-refractivity contribution >= 4 is 0 Å². The maximum absolute atomic E-state index is 5.31. The fourth-order valence-corrected chi connectivity index (χ4v) is 0.858. The third kappa shape index (κ3) is 2.16. The zero-order valence-corrected chi connectivity index (χ0v) is 5.68. The van der Waals surface area contributed by atoms with E-state index in [1.165, 1.54) is 0 Å². The van der Waals surface area contributed by atoms with Gasteiger partial charge in [0.25, 0.3) is 0 Å². The molecule has 0 aliphatic carbocycles. The predicted octanol–water partition coefficient (Wildman–Crippen LogP) is 0.354. The van der Waals surface area contributed by atoms with Gasteiger partial charge >= 0.3 is 0 Å². The third-order valence-electron chi connectivity index (χ3n) is 1.28. The van der Waals surface area contributed by atoms with Gasteiger partial charge in [-0.2, -0.15) is 0 Å². The molecule has 0 aromatic heterocycles. The molecule has 1 rings (SSSR count). The minimum atomic E-state index is 0.184. The Morgan fingerprint density at radius 1 is 1.78 bits per heavy atom. The average Bonchev–Trinajstić information content (AvgIpc) is 1.91. The van der Waals surface area contributed by atoms with Gasteiger partial charge in [-0.15, -0.1) is 0 Å². The number of hydrogen-bond acceptors (Lipinski definition) is 2. The summed E-state index contributed by atoms with van der Waals surface area (Å²) in [6.45, 7) is 4.65. The summed E-state index contributed by atoms with van der Waals surface area (Å²) < 4.78 is 5.31. The van der Waals surface area contributed by atoms with Gasteiger partial charge in [-0.25, -0.2) is 0 Å². The minimum absolute atomic E-state index is 0.184. The molecule has 1 N–H and O–H groups in total. The van der Waals surface area contributed by atoms with E-state index in [2.05, 4.69) is 11.4 Å². The average molecular weight is 126 g/mol. The van der Waals surface area contributed by atoms with E-state index < -0.39 is 0 Å². The summed E-state index contributed by atoms with van der Waals surface area (Å²) in [5, 5.41) is 3.21. The lowest BCUT2D eigenvalue weighted by Crippen LogP contribution is -2.37. The minimum Gasteiger partial charge on any atom is -0.371 e. The van der Waals surface area contributed by atoms with Crippen LogP contribution in [-0.2, 0) is 4.74 Å². The molecule has 1 fully saturated rings. The summed E-state index contributed by atoms with van der Waals surface area (Å²) in [7, 11) is 0. The van der Waals surface area contributed by atoms with E-state index >= 15 is 0 Å². The molecule has 51 valence electrons. The number of rotatable bonds is 1. The molecule has 0 amide bonds. The standard InChI is InChI=1S/C7H12NO/c1-2-3-7-6-8-4-5-9-7/h2,7-8H,4-6H2,1H3. The van der Waals surface area contributed by atoms with Gasteiger partial charge in [0.1, 0.15) is 0 Å². The van der Waals surface area contributed by atoms with Gasteiger partial charge in [0, 0.05) is 13.1 Å². The zero-order chi connectivity index (χ0) is 6.53. The van der Waals surface area contributed by atoms with Crippen molar-refractivity contribution in [3.8, 4) is 0 Å². The first-order valence-corrected chi connectivity index (χ1v) is 3.29. The number of nitrogens with one attached hydrogen (secondary N) is 1. The highest BCUT2D eigenvalue weighted by Gasteiger charge is 2.08. The van der Waals surface area contributed by atoms with Crippen molar-refractivity contribution in [3.63, 3.8) is 0 Å². The first-order valence-electron chi connectivity index (χ1n) is 3.29. The normalized spacial score (nSPS) is 29.2. The lowest BCUT2D eigenvalue weighted by Gasteiger charge is -2.19. The second-order valence-electron chi connectivity index (χ2n) is 2.02. The maximum Gasteiger partial charge on any atom is 0.0950 e. The Kier molecular flexibility index (Phi) is 2.74. The topological polar surface area (TPSA) is 21.3 Å². The van der Waals surface area contributed by atoms with Crippen LogP contribution in [0.3, 0.4) is 0 Å². The fourth-order valence-electron chi connectivity index (χ4n) is 0.858. The maximum atomic E-state index is 5.31. The van der Waals surface area contributed by atoms with Crippen LogP contribution in [0.4, 0.5) is 0 Å². The van der Waals surface area contributed by atoms with Crippen LogP contribution in [0.25, 0.3) is 0 Å². The Balaban J connectivity index is 2.23. The summed E-state index contributed by atoms with van der Waals surface area (Å²) in [5.41, 5.74) is 0.